The quantitative estimate of drug-likeness (QED) is 0.659. The lowest BCUT2D eigenvalue weighted by Gasteiger charge is -2.57. The van der Waals surface area contributed by atoms with E-state index >= 15 is 0 Å². The van der Waals surface area contributed by atoms with Crippen LogP contribution in [0.25, 0.3) is 0 Å². The fourth-order valence-electron chi connectivity index (χ4n) is 6.39. The predicted molar refractivity (Wildman–Crippen MR) is 81.6 cm³/mol. The van der Waals surface area contributed by atoms with Gasteiger partial charge in [0.05, 0.1) is 0 Å². The maximum absolute atomic E-state index is 6.76. The highest BCUT2D eigenvalue weighted by Crippen LogP contribution is 2.60. The van der Waals surface area contributed by atoms with Crippen molar-refractivity contribution in [3.8, 4) is 0 Å². The number of hydrogen-bond acceptors (Lipinski definition) is 1. The van der Waals surface area contributed by atoms with Crippen molar-refractivity contribution >= 4 is 8.32 Å². The first-order valence-electron chi connectivity index (χ1n) is 8.85. The summed E-state index contributed by atoms with van der Waals surface area (Å²) in [5.74, 6) is 3.24. The van der Waals surface area contributed by atoms with Crippen LogP contribution in [0.4, 0.5) is 0 Å². The zero-order chi connectivity index (χ0) is 12.9. The van der Waals surface area contributed by atoms with E-state index in [2.05, 4.69) is 6.92 Å². The van der Waals surface area contributed by atoms with Crippen LogP contribution in [0.15, 0.2) is 0 Å². The summed E-state index contributed by atoms with van der Waals surface area (Å²) in [5.41, 5.74) is 0.645. The average Bonchev–Trinajstić information content (AvgIpc) is 2.84. The minimum atomic E-state index is -1.26. The van der Waals surface area contributed by atoms with Gasteiger partial charge in [0.15, 0.2) is 8.32 Å². The summed E-state index contributed by atoms with van der Waals surface area (Å²) < 4.78 is 6.76. The lowest BCUT2D eigenvalue weighted by Crippen LogP contribution is -2.50. The topological polar surface area (TPSA) is 9.23 Å². The van der Waals surface area contributed by atoms with Gasteiger partial charge in [0, 0.05) is 6.61 Å². The SMILES string of the molecule is CC[Si]1(OCC23CC4CC(CC(C4)C2)C3)CCCC1. The van der Waals surface area contributed by atoms with Crippen LogP contribution < -0.4 is 0 Å². The molecule has 1 saturated heterocycles. The van der Waals surface area contributed by atoms with E-state index in [0.717, 1.165) is 24.4 Å². The maximum atomic E-state index is 6.76. The Morgan fingerprint density at radius 2 is 1.47 bits per heavy atom. The molecular weight excluding hydrogens is 248 g/mol. The molecule has 5 rings (SSSR count). The smallest absolute Gasteiger partial charge is 0.192 e. The summed E-state index contributed by atoms with van der Waals surface area (Å²) in [6, 6.07) is 4.31. The standard InChI is InChI=1S/C17H30OSi/c1-2-19(5-3-4-6-19)18-13-17-10-14-7-15(11-17)9-16(8-14)12-17/h14-16H,2-13H2,1H3. The highest BCUT2D eigenvalue weighted by Gasteiger charge is 2.51. The highest BCUT2D eigenvalue weighted by molar-refractivity contribution is 6.74. The molecule has 4 saturated carbocycles. The zero-order valence-corrected chi connectivity index (χ0v) is 13.6. The normalized spacial score (nSPS) is 46.9. The lowest BCUT2D eigenvalue weighted by atomic mass is 9.50. The Bertz CT molecular complexity index is 310. The third kappa shape index (κ3) is 2.23. The van der Waals surface area contributed by atoms with Gasteiger partial charge in [-0.05, 0) is 79.8 Å². The molecule has 5 fully saturated rings. The van der Waals surface area contributed by atoms with Crippen LogP contribution in [0.1, 0.15) is 58.3 Å². The first kappa shape index (κ1) is 12.9. The molecule has 5 aliphatic rings. The molecule has 4 bridgehead atoms. The van der Waals surface area contributed by atoms with Crippen molar-refractivity contribution in [2.24, 2.45) is 23.2 Å². The van der Waals surface area contributed by atoms with Crippen LogP contribution >= 0.6 is 0 Å². The van der Waals surface area contributed by atoms with Crippen molar-refractivity contribution in [3.63, 3.8) is 0 Å². The molecule has 0 spiro atoms. The van der Waals surface area contributed by atoms with Crippen LogP contribution in [0.2, 0.25) is 18.1 Å². The van der Waals surface area contributed by atoms with Gasteiger partial charge < -0.3 is 4.43 Å². The minimum absolute atomic E-state index is 0.645. The van der Waals surface area contributed by atoms with Crippen LogP contribution in [0.5, 0.6) is 0 Å². The first-order valence-corrected chi connectivity index (χ1v) is 11.4. The van der Waals surface area contributed by atoms with Crippen molar-refractivity contribution < 1.29 is 4.43 Å². The summed E-state index contributed by atoms with van der Waals surface area (Å²) in [5, 5.41) is 0. The van der Waals surface area contributed by atoms with Crippen molar-refractivity contribution in [2.75, 3.05) is 6.61 Å². The summed E-state index contributed by atoms with van der Waals surface area (Å²) in [4.78, 5) is 0. The minimum Gasteiger partial charge on any atom is -0.416 e. The Morgan fingerprint density at radius 3 is 1.95 bits per heavy atom. The summed E-state index contributed by atoms with van der Waals surface area (Å²) >= 11 is 0. The van der Waals surface area contributed by atoms with Crippen LogP contribution in [-0.4, -0.2) is 14.9 Å². The van der Waals surface area contributed by atoms with E-state index in [0.29, 0.717) is 5.41 Å². The Balaban J connectivity index is 1.45. The van der Waals surface area contributed by atoms with Crippen LogP contribution in [-0.2, 0) is 4.43 Å². The summed E-state index contributed by atoms with van der Waals surface area (Å²) in [7, 11) is -1.26. The van der Waals surface area contributed by atoms with E-state index in [1.54, 1.807) is 19.3 Å². The Morgan fingerprint density at radius 1 is 0.947 bits per heavy atom. The van der Waals surface area contributed by atoms with Gasteiger partial charge in [0.1, 0.15) is 0 Å². The average molecular weight is 279 g/mol. The molecule has 0 unspecified atom stereocenters. The largest absolute Gasteiger partial charge is 0.416 e. The molecule has 108 valence electrons. The molecule has 0 aromatic heterocycles. The van der Waals surface area contributed by atoms with E-state index in [-0.39, 0.29) is 0 Å². The van der Waals surface area contributed by atoms with Crippen molar-refractivity contribution in [2.45, 2.75) is 76.4 Å². The molecule has 1 nitrogen and oxygen atoms in total. The molecule has 0 amide bonds. The van der Waals surface area contributed by atoms with Gasteiger partial charge in [-0.3, -0.25) is 0 Å². The Labute approximate surface area is 119 Å². The fourth-order valence-corrected chi connectivity index (χ4v) is 10.2. The fraction of sp³-hybridized carbons (Fsp3) is 1.00. The van der Waals surface area contributed by atoms with Crippen molar-refractivity contribution in [3.05, 3.63) is 0 Å². The molecule has 19 heavy (non-hydrogen) atoms. The third-order valence-electron chi connectivity index (χ3n) is 7.01. The summed E-state index contributed by atoms with van der Waals surface area (Å²) in [6.45, 7) is 3.56. The van der Waals surface area contributed by atoms with E-state index in [4.69, 9.17) is 4.43 Å². The monoisotopic (exact) mass is 278 g/mol. The molecule has 2 heteroatoms. The highest BCUT2D eigenvalue weighted by atomic mass is 28.4. The van der Waals surface area contributed by atoms with Gasteiger partial charge in [-0.2, -0.15) is 0 Å². The molecule has 0 aromatic rings. The lowest BCUT2D eigenvalue weighted by molar-refractivity contribution is -0.0765. The van der Waals surface area contributed by atoms with E-state index in [1.807, 2.05) is 0 Å². The van der Waals surface area contributed by atoms with Crippen molar-refractivity contribution in [1.82, 2.24) is 0 Å². The predicted octanol–water partition coefficient (Wildman–Crippen LogP) is 4.98. The van der Waals surface area contributed by atoms with Gasteiger partial charge in [-0.1, -0.05) is 19.8 Å². The zero-order valence-electron chi connectivity index (χ0n) is 12.6. The van der Waals surface area contributed by atoms with E-state index < -0.39 is 8.32 Å². The van der Waals surface area contributed by atoms with E-state index in [9.17, 15) is 0 Å². The van der Waals surface area contributed by atoms with Crippen molar-refractivity contribution in [1.29, 1.82) is 0 Å². The van der Waals surface area contributed by atoms with Gasteiger partial charge in [-0.15, -0.1) is 0 Å². The second-order valence-corrected chi connectivity index (χ2v) is 12.8. The third-order valence-corrected chi connectivity index (χ3v) is 11.6. The van der Waals surface area contributed by atoms with Crippen LogP contribution in [0, 0.1) is 23.2 Å². The van der Waals surface area contributed by atoms with Gasteiger partial charge >= 0.3 is 0 Å². The molecular formula is C17H30OSi. The molecule has 0 N–H and O–H groups in total. The molecule has 0 atom stereocenters. The maximum Gasteiger partial charge on any atom is 0.192 e. The summed E-state index contributed by atoms with van der Waals surface area (Å²) in [6.07, 6.45) is 12.2. The molecule has 1 aliphatic heterocycles. The van der Waals surface area contributed by atoms with E-state index in [1.165, 1.54) is 50.2 Å². The van der Waals surface area contributed by atoms with Gasteiger partial charge in [0.2, 0.25) is 0 Å². The molecule has 1 heterocycles. The molecule has 0 radical (unpaired) electrons. The molecule has 0 aromatic carbocycles. The first-order chi connectivity index (χ1) is 9.21. The second-order valence-electron chi connectivity index (χ2n) is 8.45. The Hall–Kier alpha value is 0.177. The second kappa shape index (κ2) is 4.59. The van der Waals surface area contributed by atoms with Crippen LogP contribution in [0.3, 0.4) is 0 Å². The van der Waals surface area contributed by atoms with Gasteiger partial charge in [-0.25, -0.2) is 0 Å². The number of rotatable bonds is 4. The molecule has 4 aliphatic carbocycles. The number of hydrogen-bond donors (Lipinski definition) is 0. The van der Waals surface area contributed by atoms with Gasteiger partial charge in [0.25, 0.3) is 0 Å². The Kier molecular flexibility index (Phi) is 3.11.